The second kappa shape index (κ2) is 5.68. The summed E-state index contributed by atoms with van der Waals surface area (Å²) in [6.07, 6.45) is 0. The number of benzene rings is 2. The van der Waals surface area contributed by atoms with Crippen molar-refractivity contribution >= 4 is 22.5 Å². The van der Waals surface area contributed by atoms with Gasteiger partial charge < -0.3 is 9.88 Å². The van der Waals surface area contributed by atoms with Crippen LogP contribution in [-0.4, -0.2) is 17.4 Å². The first-order valence-corrected chi connectivity index (χ1v) is 7.57. The third-order valence-corrected chi connectivity index (χ3v) is 4.05. The van der Waals surface area contributed by atoms with Crippen molar-refractivity contribution in [3.63, 3.8) is 0 Å². The number of aromatic nitrogens is 1. The van der Waals surface area contributed by atoms with E-state index in [1.807, 2.05) is 74.2 Å². The van der Waals surface area contributed by atoms with Gasteiger partial charge in [-0.05, 0) is 50.1 Å². The first-order valence-electron chi connectivity index (χ1n) is 7.57. The Hall–Kier alpha value is -2.55. The van der Waals surface area contributed by atoms with Crippen molar-refractivity contribution in [1.82, 2.24) is 4.98 Å². The quantitative estimate of drug-likeness (QED) is 0.760. The summed E-state index contributed by atoms with van der Waals surface area (Å²) >= 11 is 0. The lowest BCUT2D eigenvalue weighted by atomic mass is 10.1. The number of rotatable bonds is 3. The Bertz CT molecular complexity index is 832. The molecule has 22 heavy (non-hydrogen) atoms. The van der Waals surface area contributed by atoms with Crippen LogP contribution in [0, 0.1) is 13.8 Å². The normalized spacial score (nSPS) is 10.9. The molecule has 112 valence electrons. The van der Waals surface area contributed by atoms with Gasteiger partial charge in [-0.3, -0.25) is 4.79 Å². The summed E-state index contributed by atoms with van der Waals surface area (Å²) in [5, 5.41) is 1.10. The van der Waals surface area contributed by atoms with Crippen LogP contribution in [-0.2, 0) is 0 Å². The SMILES string of the molecule is CCN(C(=O)c1[nH]c2ccccc2c1C)c1cccc(C)c1. The molecule has 0 saturated heterocycles. The lowest BCUT2D eigenvalue weighted by Crippen LogP contribution is -2.31. The number of nitrogens with one attached hydrogen (secondary N) is 1. The Balaban J connectivity index is 2.05. The van der Waals surface area contributed by atoms with Crippen molar-refractivity contribution in [1.29, 1.82) is 0 Å². The van der Waals surface area contributed by atoms with Crippen molar-refractivity contribution in [2.75, 3.05) is 11.4 Å². The zero-order valence-electron chi connectivity index (χ0n) is 13.2. The van der Waals surface area contributed by atoms with Crippen LogP contribution in [0.5, 0.6) is 0 Å². The number of aromatic amines is 1. The van der Waals surface area contributed by atoms with Crippen molar-refractivity contribution in [3.05, 3.63) is 65.4 Å². The average molecular weight is 292 g/mol. The van der Waals surface area contributed by atoms with Crippen molar-refractivity contribution in [2.45, 2.75) is 20.8 Å². The number of carbonyl (C=O) groups excluding carboxylic acids is 1. The zero-order valence-corrected chi connectivity index (χ0v) is 13.2. The van der Waals surface area contributed by atoms with Crippen LogP contribution in [0.15, 0.2) is 48.5 Å². The van der Waals surface area contributed by atoms with Gasteiger partial charge in [-0.2, -0.15) is 0 Å². The smallest absolute Gasteiger partial charge is 0.274 e. The van der Waals surface area contributed by atoms with Crippen LogP contribution in [0.25, 0.3) is 10.9 Å². The summed E-state index contributed by atoms with van der Waals surface area (Å²) in [4.78, 5) is 18.1. The predicted molar refractivity (Wildman–Crippen MR) is 91.6 cm³/mol. The molecule has 0 radical (unpaired) electrons. The maximum absolute atomic E-state index is 13.0. The van der Waals surface area contributed by atoms with Gasteiger partial charge in [0, 0.05) is 23.1 Å². The van der Waals surface area contributed by atoms with Gasteiger partial charge in [0.15, 0.2) is 0 Å². The molecule has 3 aromatic rings. The minimum atomic E-state index is 0.0156. The molecular formula is C19H20N2O. The van der Waals surface area contributed by atoms with Crippen LogP contribution in [0.3, 0.4) is 0 Å². The molecular weight excluding hydrogens is 272 g/mol. The van der Waals surface area contributed by atoms with E-state index in [0.29, 0.717) is 12.2 Å². The Kier molecular flexibility index (Phi) is 3.72. The molecule has 3 nitrogen and oxygen atoms in total. The van der Waals surface area contributed by atoms with E-state index in [4.69, 9.17) is 0 Å². The number of fused-ring (bicyclic) bond motifs is 1. The van der Waals surface area contributed by atoms with Crippen LogP contribution in [0.4, 0.5) is 5.69 Å². The van der Waals surface area contributed by atoms with E-state index in [1.165, 1.54) is 0 Å². The predicted octanol–water partition coefficient (Wildman–Crippen LogP) is 4.45. The molecule has 0 atom stereocenters. The molecule has 1 heterocycles. The number of anilines is 1. The van der Waals surface area contributed by atoms with Crippen molar-refractivity contribution < 1.29 is 4.79 Å². The molecule has 0 bridgehead atoms. The maximum Gasteiger partial charge on any atom is 0.274 e. The van der Waals surface area contributed by atoms with Gasteiger partial charge in [0.25, 0.3) is 5.91 Å². The highest BCUT2D eigenvalue weighted by atomic mass is 16.2. The molecule has 3 heteroatoms. The van der Waals surface area contributed by atoms with Crippen molar-refractivity contribution in [3.8, 4) is 0 Å². The Morgan fingerprint density at radius 2 is 1.86 bits per heavy atom. The second-order valence-corrected chi connectivity index (χ2v) is 5.56. The first-order chi connectivity index (χ1) is 10.6. The molecule has 0 aliphatic rings. The molecule has 0 unspecified atom stereocenters. The average Bonchev–Trinajstić information content (AvgIpc) is 2.86. The molecule has 0 saturated carbocycles. The number of amides is 1. The number of aryl methyl sites for hydroxylation is 2. The number of H-pyrrole nitrogens is 1. The first kappa shape index (κ1) is 14.4. The minimum absolute atomic E-state index is 0.0156. The van der Waals surface area contributed by atoms with Gasteiger partial charge in [0.1, 0.15) is 5.69 Å². The van der Waals surface area contributed by atoms with Crippen LogP contribution in [0.2, 0.25) is 0 Å². The largest absolute Gasteiger partial charge is 0.350 e. The minimum Gasteiger partial charge on any atom is -0.350 e. The number of para-hydroxylation sites is 1. The van der Waals surface area contributed by atoms with E-state index in [9.17, 15) is 4.79 Å². The van der Waals surface area contributed by atoms with E-state index < -0.39 is 0 Å². The molecule has 0 fully saturated rings. The second-order valence-electron chi connectivity index (χ2n) is 5.56. The Morgan fingerprint density at radius 3 is 2.55 bits per heavy atom. The molecule has 3 rings (SSSR count). The van der Waals surface area contributed by atoms with Gasteiger partial charge in [0.2, 0.25) is 0 Å². The zero-order chi connectivity index (χ0) is 15.7. The van der Waals surface area contributed by atoms with Crippen LogP contribution in [0.1, 0.15) is 28.5 Å². The summed E-state index contributed by atoms with van der Waals surface area (Å²) < 4.78 is 0. The Labute approximate surface area is 130 Å². The number of carbonyl (C=O) groups is 1. The maximum atomic E-state index is 13.0. The molecule has 0 aliphatic heterocycles. The lowest BCUT2D eigenvalue weighted by molar-refractivity contribution is 0.0984. The van der Waals surface area contributed by atoms with E-state index in [0.717, 1.165) is 27.7 Å². The number of nitrogens with zero attached hydrogens (tertiary/aromatic N) is 1. The third-order valence-electron chi connectivity index (χ3n) is 4.05. The summed E-state index contributed by atoms with van der Waals surface area (Å²) in [5.74, 6) is 0.0156. The van der Waals surface area contributed by atoms with Crippen LogP contribution < -0.4 is 4.90 Å². The van der Waals surface area contributed by atoms with Crippen LogP contribution >= 0.6 is 0 Å². The van der Waals surface area contributed by atoms with E-state index in [2.05, 4.69) is 4.98 Å². The van der Waals surface area contributed by atoms with Crippen molar-refractivity contribution in [2.24, 2.45) is 0 Å². The van der Waals surface area contributed by atoms with Gasteiger partial charge >= 0.3 is 0 Å². The van der Waals surface area contributed by atoms with Gasteiger partial charge in [-0.25, -0.2) is 0 Å². The highest BCUT2D eigenvalue weighted by molar-refractivity contribution is 6.09. The fourth-order valence-electron chi connectivity index (χ4n) is 2.87. The molecule has 0 aliphatic carbocycles. The van der Waals surface area contributed by atoms with E-state index in [-0.39, 0.29) is 5.91 Å². The van der Waals surface area contributed by atoms with Gasteiger partial charge in [0.05, 0.1) is 0 Å². The Morgan fingerprint density at radius 1 is 1.09 bits per heavy atom. The third kappa shape index (κ3) is 2.39. The van der Waals surface area contributed by atoms with E-state index >= 15 is 0 Å². The van der Waals surface area contributed by atoms with E-state index in [1.54, 1.807) is 0 Å². The monoisotopic (exact) mass is 292 g/mol. The molecule has 1 aromatic heterocycles. The summed E-state index contributed by atoms with van der Waals surface area (Å²) in [7, 11) is 0. The molecule has 1 amide bonds. The fraction of sp³-hybridized carbons (Fsp3) is 0.211. The molecule has 0 spiro atoms. The van der Waals surface area contributed by atoms with Gasteiger partial charge in [-0.1, -0.05) is 30.3 Å². The molecule has 2 aromatic carbocycles. The lowest BCUT2D eigenvalue weighted by Gasteiger charge is -2.21. The summed E-state index contributed by atoms with van der Waals surface area (Å²) in [5.41, 5.74) is 4.77. The highest BCUT2D eigenvalue weighted by Gasteiger charge is 2.21. The fourth-order valence-corrected chi connectivity index (χ4v) is 2.87. The summed E-state index contributed by atoms with van der Waals surface area (Å²) in [6.45, 7) is 6.67. The molecule has 1 N–H and O–H groups in total. The summed E-state index contributed by atoms with van der Waals surface area (Å²) in [6, 6.07) is 16.1. The number of hydrogen-bond acceptors (Lipinski definition) is 1. The standard InChI is InChI=1S/C19H20N2O/c1-4-21(15-9-7-8-13(2)12-15)19(22)18-14(3)16-10-5-6-11-17(16)20-18/h5-12,20H,4H2,1-3H3. The number of hydrogen-bond donors (Lipinski definition) is 1. The van der Waals surface area contributed by atoms with Gasteiger partial charge in [-0.15, -0.1) is 0 Å². The highest BCUT2D eigenvalue weighted by Crippen LogP contribution is 2.25. The topological polar surface area (TPSA) is 36.1 Å².